The van der Waals surface area contributed by atoms with Gasteiger partial charge in [0, 0.05) is 6.54 Å². The first kappa shape index (κ1) is 12.6. The molecule has 0 aromatic carbocycles. The quantitative estimate of drug-likeness (QED) is 0.838. The van der Waals surface area contributed by atoms with E-state index in [1.807, 2.05) is 0 Å². The van der Waals surface area contributed by atoms with Gasteiger partial charge in [-0.2, -0.15) is 0 Å². The number of carbonyl (C=O) groups excluding carboxylic acids is 2. The smallest absolute Gasteiger partial charge is 0.265 e. The summed E-state index contributed by atoms with van der Waals surface area (Å²) in [4.78, 5) is 26.9. The average Bonchev–Trinajstić information content (AvgIpc) is 2.61. The van der Waals surface area contributed by atoms with Crippen LogP contribution in [0.5, 0.6) is 5.75 Å². The minimum absolute atomic E-state index is 0.0490. The molecule has 20 heavy (non-hydrogen) atoms. The van der Waals surface area contributed by atoms with Gasteiger partial charge in [-0.3, -0.25) is 9.59 Å². The molecule has 106 valence electrons. The van der Waals surface area contributed by atoms with Gasteiger partial charge in [-0.25, -0.2) is 0 Å². The van der Waals surface area contributed by atoms with Crippen LogP contribution in [0.15, 0.2) is 3.79 Å². The standard InChI is InChI=1S/C13H13BrN2O3S/c14-12-10-9-11(20-12)13(18)15-7(6-2-1-3-6)4-16(9)8(17)5-19-10/h6-7H,1-5H2,(H,15,18)/t7-/m1/s1. The molecule has 4 rings (SSSR count). The Labute approximate surface area is 128 Å². The van der Waals surface area contributed by atoms with E-state index in [9.17, 15) is 9.59 Å². The van der Waals surface area contributed by atoms with Crippen molar-refractivity contribution in [2.75, 3.05) is 18.1 Å². The van der Waals surface area contributed by atoms with Crippen LogP contribution in [0.1, 0.15) is 28.9 Å². The minimum atomic E-state index is -0.0883. The van der Waals surface area contributed by atoms with Gasteiger partial charge in [-0.05, 0) is 34.7 Å². The lowest BCUT2D eigenvalue weighted by molar-refractivity contribution is -0.121. The number of nitrogens with zero attached hydrogens (tertiary/aromatic N) is 1. The highest BCUT2D eigenvalue weighted by Crippen LogP contribution is 2.49. The van der Waals surface area contributed by atoms with Crippen molar-refractivity contribution < 1.29 is 14.3 Å². The second kappa shape index (κ2) is 4.46. The van der Waals surface area contributed by atoms with Crippen molar-refractivity contribution >= 4 is 44.8 Å². The van der Waals surface area contributed by atoms with Crippen molar-refractivity contribution in [3.05, 3.63) is 8.66 Å². The summed E-state index contributed by atoms with van der Waals surface area (Å²) in [5, 5.41) is 3.09. The normalized spacial score (nSPS) is 25.4. The molecule has 2 aliphatic heterocycles. The third kappa shape index (κ3) is 1.72. The summed E-state index contributed by atoms with van der Waals surface area (Å²) in [7, 11) is 0. The van der Waals surface area contributed by atoms with Crippen LogP contribution in [0.3, 0.4) is 0 Å². The van der Waals surface area contributed by atoms with Gasteiger partial charge in [0.2, 0.25) is 0 Å². The van der Waals surface area contributed by atoms with Crippen LogP contribution < -0.4 is 15.0 Å². The Hall–Kier alpha value is -1.08. The van der Waals surface area contributed by atoms with Crippen LogP contribution in [0.2, 0.25) is 0 Å². The molecule has 3 heterocycles. The first-order valence-corrected chi connectivity index (χ1v) is 8.32. The Morgan fingerprint density at radius 3 is 2.85 bits per heavy atom. The molecule has 0 radical (unpaired) electrons. The van der Waals surface area contributed by atoms with Gasteiger partial charge in [0.05, 0.1) is 6.04 Å². The van der Waals surface area contributed by atoms with Crippen molar-refractivity contribution in [2.45, 2.75) is 25.3 Å². The summed E-state index contributed by atoms with van der Waals surface area (Å²) < 4.78 is 6.26. The van der Waals surface area contributed by atoms with E-state index in [-0.39, 0.29) is 24.5 Å². The van der Waals surface area contributed by atoms with Gasteiger partial charge in [-0.15, -0.1) is 11.3 Å². The molecule has 1 fully saturated rings. The molecule has 0 unspecified atom stereocenters. The van der Waals surface area contributed by atoms with Gasteiger partial charge >= 0.3 is 0 Å². The van der Waals surface area contributed by atoms with Gasteiger partial charge in [0.1, 0.15) is 14.4 Å². The Balaban J connectivity index is 1.79. The largest absolute Gasteiger partial charge is 0.479 e. The summed E-state index contributed by atoms with van der Waals surface area (Å²) >= 11 is 4.75. The molecule has 7 heteroatoms. The zero-order chi connectivity index (χ0) is 13.9. The van der Waals surface area contributed by atoms with E-state index in [4.69, 9.17) is 4.74 Å². The number of amides is 2. The van der Waals surface area contributed by atoms with Crippen LogP contribution in [-0.2, 0) is 4.79 Å². The number of rotatable bonds is 1. The zero-order valence-electron chi connectivity index (χ0n) is 10.6. The predicted molar refractivity (Wildman–Crippen MR) is 78.5 cm³/mol. The summed E-state index contributed by atoms with van der Waals surface area (Å²) in [5.41, 5.74) is 0.650. The SMILES string of the molecule is O=C1N[C@@H](C2CCC2)CN2C(=O)COc3c(Br)sc1c32. The number of anilines is 1. The molecule has 1 saturated carbocycles. The Morgan fingerprint density at radius 2 is 2.15 bits per heavy atom. The molecule has 2 amide bonds. The molecule has 0 saturated heterocycles. The fourth-order valence-electron chi connectivity index (χ4n) is 3.02. The number of hydrogen-bond donors (Lipinski definition) is 1. The van der Waals surface area contributed by atoms with Gasteiger partial charge in [0.25, 0.3) is 11.8 Å². The molecule has 0 spiro atoms. The van der Waals surface area contributed by atoms with Crippen molar-refractivity contribution in [1.82, 2.24) is 5.32 Å². The molecule has 3 aliphatic rings. The van der Waals surface area contributed by atoms with Crippen LogP contribution in [0.4, 0.5) is 5.69 Å². The lowest BCUT2D eigenvalue weighted by atomic mass is 9.79. The van der Waals surface area contributed by atoms with Crippen molar-refractivity contribution in [3.8, 4) is 5.75 Å². The van der Waals surface area contributed by atoms with Gasteiger partial charge in [-0.1, -0.05) is 6.42 Å². The maximum atomic E-state index is 12.4. The molecule has 1 aliphatic carbocycles. The highest BCUT2D eigenvalue weighted by atomic mass is 79.9. The Morgan fingerprint density at radius 1 is 1.35 bits per heavy atom. The fraction of sp³-hybridized carbons (Fsp3) is 0.538. The first-order chi connectivity index (χ1) is 9.65. The molecular formula is C13H13BrN2O3S. The molecule has 5 nitrogen and oxygen atoms in total. The van der Waals surface area contributed by atoms with E-state index < -0.39 is 0 Å². The summed E-state index contributed by atoms with van der Waals surface area (Å²) in [6.07, 6.45) is 3.48. The van der Waals surface area contributed by atoms with Gasteiger partial charge in [0.15, 0.2) is 12.4 Å². The minimum Gasteiger partial charge on any atom is -0.479 e. The third-order valence-electron chi connectivity index (χ3n) is 4.33. The monoisotopic (exact) mass is 356 g/mol. The number of halogens is 1. The lowest BCUT2D eigenvalue weighted by Crippen LogP contribution is -2.50. The van der Waals surface area contributed by atoms with E-state index in [0.29, 0.717) is 28.8 Å². The predicted octanol–water partition coefficient (Wildman–Crippen LogP) is 2.15. The van der Waals surface area contributed by atoms with Crippen molar-refractivity contribution in [1.29, 1.82) is 0 Å². The second-order valence-electron chi connectivity index (χ2n) is 5.45. The molecule has 1 aromatic heterocycles. The van der Waals surface area contributed by atoms with Gasteiger partial charge < -0.3 is 15.0 Å². The van der Waals surface area contributed by atoms with E-state index in [0.717, 1.165) is 16.6 Å². The van der Waals surface area contributed by atoms with Crippen molar-refractivity contribution in [3.63, 3.8) is 0 Å². The average molecular weight is 357 g/mol. The third-order valence-corrected chi connectivity index (χ3v) is 6.13. The molecule has 1 N–H and O–H groups in total. The Kier molecular flexibility index (Phi) is 2.82. The van der Waals surface area contributed by atoms with E-state index >= 15 is 0 Å². The van der Waals surface area contributed by atoms with Crippen LogP contribution in [0, 0.1) is 5.92 Å². The molecule has 1 atom stereocenters. The molecule has 1 aromatic rings. The summed E-state index contributed by atoms with van der Waals surface area (Å²) in [5.74, 6) is 0.976. The lowest BCUT2D eigenvalue weighted by Gasteiger charge is -2.36. The molecular weight excluding hydrogens is 344 g/mol. The Bertz CT molecular complexity index is 611. The fourth-order valence-corrected chi connectivity index (χ4v) is 4.69. The second-order valence-corrected chi connectivity index (χ2v) is 7.79. The highest BCUT2D eigenvalue weighted by molar-refractivity contribution is 9.11. The first-order valence-electron chi connectivity index (χ1n) is 6.71. The van der Waals surface area contributed by atoms with E-state index in [1.54, 1.807) is 4.90 Å². The van der Waals surface area contributed by atoms with E-state index in [1.165, 1.54) is 17.8 Å². The maximum absolute atomic E-state index is 12.4. The van der Waals surface area contributed by atoms with Crippen LogP contribution in [0.25, 0.3) is 0 Å². The molecule has 0 bridgehead atoms. The number of ether oxygens (including phenoxy) is 1. The van der Waals surface area contributed by atoms with Crippen LogP contribution >= 0.6 is 27.3 Å². The highest BCUT2D eigenvalue weighted by Gasteiger charge is 2.41. The summed E-state index contributed by atoms with van der Waals surface area (Å²) in [6.45, 7) is 0.606. The number of hydrogen-bond acceptors (Lipinski definition) is 4. The zero-order valence-corrected chi connectivity index (χ0v) is 13.1. The number of thiophene rings is 1. The maximum Gasteiger partial charge on any atom is 0.265 e. The number of carbonyl (C=O) groups is 2. The van der Waals surface area contributed by atoms with Crippen molar-refractivity contribution in [2.24, 2.45) is 5.92 Å². The summed E-state index contributed by atoms with van der Waals surface area (Å²) in [6, 6.07) is 0.0597. The van der Waals surface area contributed by atoms with Crippen LogP contribution in [-0.4, -0.2) is 31.0 Å². The topological polar surface area (TPSA) is 58.6 Å². The van der Waals surface area contributed by atoms with E-state index in [2.05, 4.69) is 21.2 Å². The number of nitrogens with one attached hydrogen (secondary N) is 1.